The summed E-state index contributed by atoms with van der Waals surface area (Å²) in [4.78, 5) is 17.3. The van der Waals surface area contributed by atoms with Crippen molar-refractivity contribution in [3.63, 3.8) is 0 Å². The summed E-state index contributed by atoms with van der Waals surface area (Å²) in [6, 6.07) is 7.79. The van der Waals surface area contributed by atoms with E-state index in [1.807, 2.05) is 35.9 Å². The maximum atomic E-state index is 12.4. The van der Waals surface area contributed by atoms with Gasteiger partial charge in [-0.3, -0.25) is 4.79 Å². The molecule has 3 rings (SSSR count). The monoisotopic (exact) mass is 329 g/mol. The Hall–Kier alpha value is -2.28. The molecule has 1 amide bonds. The predicted molar refractivity (Wildman–Crippen MR) is 90.5 cm³/mol. The van der Waals surface area contributed by atoms with Crippen molar-refractivity contribution in [1.29, 1.82) is 0 Å². The molecule has 0 saturated heterocycles. The van der Waals surface area contributed by atoms with Gasteiger partial charge in [-0.2, -0.15) is 0 Å². The van der Waals surface area contributed by atoms with Gasteiger partial charge in [0.25, 0.3) is 5.91 Å². The highest BCUT2D eigenvalue weighted by Crippen LogP contribution is 2.15. The van der Waals surface area contributed by atoms with Gasteiger partial charge in [0.05, 0.1) is 29.3 Å². The van der Waals surface area contributed by atoms with Crippen LogP contribution in [0.2, 0.25) is 0 Å². The number of benzene rings is 1. The van der Waals surface area contributed by atoms with Gasteiger partial charge in [0.1, 0.15) is 10.4 Å². The van der Waals surface area contributed by atoms with Crippen LogP contribution in [0.25, 0.3) is 11.0 Å². The molecule has 120 valence electrons. The molecule has 0 saturated carbocycles. The van der Waals surface area contributed by atoms with Crippen molar-refractivity contribution in [3.8, 4) is 0 Å². The molecule has 0 unspecified atom stereocenters. The average molecular weight is 329 g/mol. The van der Waals surface area contributed by atoms with E-state index in [4.69, 9.17) is 0 Å². The number of aryl methyl sites for hydroxylation is 1. The maximum absolute atomic E-state index is 12.4. The van der Waals surface area contributed by atoms with Crippen LogP contribution in [0, 0.1) is 12.8 Å². The minimum Gasteiger partial charge on any atom is -0.346 e. The number of carbonyl (C=O) groups is 1. The van der Waals surface area contributed by atoms with Gasteiger partial charge in [0, 0.05) is 0 Å². The molecule has 6 nitrogen and oxygen atoms in total. The summed E-state index contributed by atoms with van der Waals surface area (Å²) in [5, 5.41) is 11.5. The van der Waals surface area contributed by atoms with Crippen molar-refractivity contribution in [2.24, 2.45) is 5.92 Å². The first-order chi connectivity index (χ1) is 11.1. The van der Waals surface area contributed by atoms with Gasteiger partial charge in [-0.05, 0) is 25.0 Å². The average Bonchev–Trinajstić information content (AvgIpc) is 3.13. The first-order valence-electron chi connectivity index (χ1n) is 7.55. The number of para-hydroxylation sites is 1. The van der Waals surface area contributed by atoms with Crippen molar-refractivity contribution < 1.29 is 4.79 Å². The molecule has 3 aromatic rings. The van der Waals surface area contributed by atoms with E-state index in [1.54, 1.807) is 5.51 Å². The highest BCUT2D eigenvalue weighted by atomic mass is 32.1. The zero-order valence-corrected chi connectivity index (χ0v) is 14.2. The van der Waals surface area contributed by atoms with E-state index in [2.05, 4.69) is 34.5 Å². The maximum Gasteiger partial charge on any atom is 0.263 e. The first kappa shape index (κ1) is 15.6. The summed E-state index contributed by atoms with van der Waals surface area (Å²) in [6.07, 6.45) is 0. The van der Waals surface area contributed by atoms with E-state index in [0.29, 0.717) is 11.4 Å². The van der Waals surface area contributed by atoms with Crippen LogP contribution >= 0.6 is 11.3 Å². The van der Waals surface area contributed by atoms with E-state index < -0.39 is 0 Å². The van der Waals surface area contributed by atoms with E-state index in [-0.39, 0.29) is 17.9 Å². The number of thiazole rings is 1. The number of nitrogens with one attached hydrogen (secondary N) is 1. The van der Waals surface area contributed by atoms with E-state index in [0.717, 1.165) is 16.7 Å². The quantitative estimate of drug-likeness (QED) is 0.781. The summed E-state index contributed by atoms with van der Waals surface area (Å²) in [5.41, 5.74) is 4.29. The molecule has 0 spiro atoms. The minimum atomic E-state index is -0.0758. The smallest absolute Gasteiger partial charge is 0.263 e. The van der Waals surface area contributed by atoms with Crippen LogP contribution in [0.3, 0.4) is 0 Å². The van der Waals surface area contributed by atoms with Gasteiger partial charge in [0.2, 0.25) is 0 Å². The highest BCUT2D eigenvalue weighted by molar-refractivity contribution is 7.11. The van der Waals surface area contributed by atoms with Crippen LogP contribution in [0.15, 0.2) is 29.8 Å². The molecular weight excluding hydrogens is 310 g/mol. The van der Waals surface area contributed by atoms with Crippen LogP contribution in [0.1, 0.15) is 29.2 Å². The molecule has 1 aromatic carbocycles. The van der Waals surface area contributed by atoms with Gasteiger partial charge in [-0.25, -0.2) is 9.67 Å². The summed E-state index contributed by atoms with van der Waals surface area (Å²) >= 11 is 1.36. The van der Waals surface area contributed by atoms with Crippen molar-refractivity contribution in [2.45, 2.75) is 33.4 Å². The molecule has 0 aliphatic carbocycles. The van der Waals surface area contributed by atoms with Crippen LogP contribution in [0.5, 0.6) is 0 Å². The molecule has 1 N–H and O–H groups in total. The number of fused-ring (bicyclic) bond motifs is 1. The van der Waals surface area contributed by atoms with Crippen LogP contribution in [-0.4, -0.2) is 31.9 Å². The lowest BCUT2D eigenvalue weighted by molar-refractivity contribution is 0.0923. The molecule has 2 aromatic heterocycles. The second kappa shape index (κ2) is 6.45. The Balaban J connectivity index is 1.80. The second-order valence-corrected chi connectivity index (χ2v) is 6.71. The largest absolute Gasteiger partial charge is 0.346 e. The zero-order valence-electron chi connectivity index (χ0n) is 13.4. The Morgan fingerprint density at radius 3 is 2.83 bits per heavy atom. The summed E-state index contributed by atoms with van der Waals surface area (Å²) in [6.45, 7) is 6.61. The van der Waals surface area contributed by atoms with Crippen molar-refractivity contribution in [2.75, 3.05) is 0 Å². The first-order valence-corrected chi connectivity index (χ1v) is 8.43. The van der Waals surface area contributed by atoms with Gasteiger partial charge in [-0.1, -0.05) is 31.2 Å². The minimum absolute atomic E-state index is 0.0332. The Bertz CT molecular complexity index is 823. The third-order valence-electron chi connectivity index (χ3n) is 3.86. The number of nitrogens with zero attached hydrogens (tertiary/aromatic N) is 4. The molecule has 0 bridgehead atoms. The molecule has 0 radical (unpaired) electrons. The van der Waals surface area contributed by atoms with Crippen LogP contribution in [0.4, 0.5) is 0 Å². The molecule has 0 aliphatic heterocycles. The van der Waals surface area contributed by atoms with Crippen molar-refractivity contribution in [1.82, 2.24) is 25.3 Å². The van der Waals surface area contributed by atoms with E-state index in [9.17, 15) is 4.79 Å². The lowest BCUT2D eigenvalue weighted by atomic mass is 10.0. The molecule has 0 fully saturated rings. The second-order valence-electron chi connectivity index (χ2n) is 5.85. The van der Waals surface area contributed by atoms with Crippen LogP contribution in [-0.2, 0) is 6.54 Å². The van der Waals surface area contributed by atoms with Crippen molar-refractivity contribution in [3.05, 3.63) is 40.3 Å². The molecule has 0 aliphatic rings. The predicted octanol–water partition coefficient (Wildman–Crippen LogP) is 2.65. The van der Waals surface area contributed by atoms with Crippen LogP contribution < -0.4 is 5.32 Å². The Morgan fingerprint density at radius 2 is 2.13 bits per heavy atom. The fraction of sp³-hybridized carbons (Fsp3) is 0.375. The zero-order chi connectivity index (χ0) is 16.4. The van der Waals surface area contributed by atoms with Gasteiger partial charge < -0.3 is 5.32 Å². The Kier molecular flexibility index (Phi) is 4.38. The Morgan fingerprint density at radius 1 is 1.35 bits per heavy atom. The Labute approximate surface area is 138 Å². The molecule has 1 atom stereocenters. The van der Waals surface area contributed by atoms with Gasteiger partial charge in [0.15, 0.2) is 0 Å². The van der Waals surface area contributed by atoms with Crippen molar-refractivity contribution >= 4 is 28.3 Å². The van der Waals surface area contributed by atoms with Gasteiger partial charge >= 0.3 is 0 Å². The number of hydrogen-bond acceptors (Lipinski definition) is 5. The number of rotatable bonds is 5. The third-order valence-corrected chi connectivity index (χ3v) is 4.79. The number of aromatic nitrogens is 4. The molecular formula is C16H19N5OS. The number of amides is 1. The lowest BCUT2D eigenvalue weighted by Gasteiger charge is -2.22. The number of hydrogen-bond donors (Lipinski definition) is 1. The third kappa shape index (κ3) is 3.24. The standard InChI is InChI=1S/C16H19N5OS/c1-10(2)13(18-16(22)15-11(3)17-9-23-15)8-21-14-7-5-4-6-12(14)19-20-21/h4-7,9-10,13H,8H2,1-3H3,(H,18,22)/t13-/m0/s1. The fourth-order valence-corrected chi connectivity index (χ4v) is 3.12. The normalized spacial score (nSPS) is 12.7. The topological polar surface area (TPSA) is 72.7 Å². The molecule has 2 heterocycles. The SMILES string of the molecule is Cc1ncsc1C(=O)N[C@@H](Cn1nnc2ccccc21)C(C)C. The van der Waals surface area contributed by atoms with Gasteiger partial charge in [-0.15, -0.1) is 16.4 Å². The number of carbonyl (C=O) groups excluding carboxylic acids is 1. The highest BCUT2D eigenvalue weighted by Gasteiger charge is 2.21. The summed E-state index contributed by atoms with van der Waals surface area (Å²) in [7, 11) is 0. The fourth-order valence-electron chi connectivity index (χ4n) is 2.42. The van der Waals surface area contributed by atoms with E-state index in [1.165, 1.54) is 11.3 Å². The van der Waals surface area contributed by atoms with E-state index >= 15 is 0 Å². The molecule has 7 heteroatoms. The molecule has 23 heavy (non-hydrogen) atoms. The summed E-state index contributed by atoms with van der Waals surface area (Å²) < 4.78 is 1.85. The summed E-state index contributed by atoms with van der Waals surface area (Å²) in [5.74, 6) is 0.197. The lowest BCUT2D eigenvalue weighted by Crippen LogP contribution is -2.41.